The number of thiocarbonyl (C=S) groups is 1. The van der Waals surface area contributed by atoms with Crippen molar-refractivity contribution < 1.29 is 23.9 Å². The van der Waals surface area contributed by atoms with E-state index < -0.39 is 17.8 Å². The molecule has 0 bridgehead atoms. The summed E-state index contributed by atoms with van der Waals surface area (Å²) in [5, 5.41) is 0.325. The number of carbonyl (C=O) groups excluding carboxylic acids is 3. The quantitative estimate of drug-likeness (QED) is 0.296. The Kier molecular flexibility index (Phi) is 6.38. The summed E-state index contributed by atoms with van der Waals surface area (Å²) < 4.78 is 10.3. The van der Waals surface area contributed by atoms with E-state index in [1.165, 1.54) is 43.1 Å². The summed E-state index contributed by atoms with van der Waals surface area (Å²) in [7, 11) is 4.23. The number of halogens is 2. The number of carbonyl (C=O) groups is 3. The first-order valence-electron chi connectivity index (χ1n) is 7.17. The Morgan fingerprint density at radius 3 is 2.35 bits per heavy atom. The lowest BCUT2D eigenvalue weighted by molar-refractivity contribution is -0.143. The van der Waals surface area contributed by atoms with Gasteiger partial charge < -0.3 is 9.47 Å². The molecule has 1 aromatic carbocycles. The van der Waals surface area contributed by atoms with Gasteiger partial charge in [-0.25, -0.2) is 4.79 Å². The predicted molar refractivity (Wildman–Crippen MR) is 103 cm³/mol. The van der Waals surface area contributed by atoms with E-state index in [9.17, 15) is 14.4 Å². The highest BCUT2D eigenvalue weighted by Gasteiger charge is 2.35. The van der Waals surface area contributed by atoms with E-state index in [0.29, 0.717) is 10.0 Å². The lowest BCUT2D eigenvalue weighted by Gasteiger charge is -2.31. The third-order valence-electron chi connectivity index (χ3n) is 3.54. The second kappa shape index (κ2) is 8.15. The smallest absolute Gasteiger partial charge is 0.343 e. The lowest BCUT2D eigenvalue weighted by atomic mass is 10.1. The minimum absolute atomic E-state index is 0.0465. The molecule has 1 saturated heterocycles. The number of ether oxygens (including phenoxy) is 2. The van der Waals surface area contributed by atoms with Crippen LogP contribution in [0.2, 0.25) is 5.02 Å². The molecule has 1 heterocycles. The molecule has 0 atom stereocenters. The van der Waals surface area contributed by atoms with E-state index in [4.69, 9.17) is 28.6 Å². The molecule has 1 aliphatic heterocycles. The van der Waals surface area contributed by atoms with Gasteiger partial charge in [0, 0.05) is 14.1 Å². The molecular weight excluding hydrogens is 448 g/mol. The van der Waals surface area contributed by atoms with Crippen LogP contribution in [0.5, 0.6) is 5.75 Å². The first-order chi connectivity index (χ1) is 12.2. The van der Waals surface area contributed by atoms with Crippen LogP contribution < -0.4 is 4.74 Å². The van der Waals surface area contributed by atoms with E-state index in [1.807, 2.05) is 0 Å². The molecule has 138 valence electrons. The molecule has 1 aliphatic rings. The highest BCUT2D eigenvalue weighted by molar-refractivity contribution is 9.10. The van der Waals surface area contributed by atoms with Crippen molar-refractivity contribution >= 4 is 68.7 Å². The van der Waals surface area contributed by atoms with Crippen molar-refractivity contribution in [3.05, 3.63) is 32.8 Å². The Balaban J connectivity index is 2.36. The van der Waals surface area contributed by atoms with Gasteiger partial charge in [0.1, 0.15) is 5.57 Å². The van der Waals surface area contributed by atoms with Gasteiger partial charge in [-0.2, -0.15) is 0 Å². The molecule has 10 heteroatoms. The molecule has 0 radical (unpaired) electrons. The maximum Gasteiger partial charge on any atom is 0.343 e. The lowest BCUT2D eigenvalue weighted by Crippen LogP contribution is -2.52. The number of rotatable bonds is 4. The van der Waals surface area contributed by atoms with Crippen LogP contribution in [-0.4, -0.2) is 60.5 Å². The Morgan fingerprint density at radius 2 is 1.85 bits per heavy atom. The molecule has 0 saturated carbocycles. The van der Waals surface area contributed by atoms with Crippen LogP contribution in [0.1, 0.15) is 5.56 Å². The summed E-state index contributed by atoms with van der Waals surface area (Å²) in [6.45, 7) is -0.306. The van der Waals surface area contributed by atoms with Crippen molar-refractivity contribution in [1.82, 2.24) is 9.80 Å². The molecule has 0 N–H and O–H groups in total. The maximum atomic E-state index is 12.3. The second-order valence-electron chi connectivity index (χ2n) is 5.25. The fourth-order valence-corrected chi connectivity index (χ4v) is 3.29. The fraction of sp³-hybridized carbons (Fsp3) is 0.250. The summed E-state index contributed by atoms with van der Waals surface area (Å²) >= 11 is 14.5. The van der Waals surface area contributed by atoms with Gasteiger partial charge in [-0.05, 0) is 51.9 Å². The largest absolute Gasteiger partial charge is 0.479 e. The molecule has 26 heavy (non-hydrogen) atoms. The molecule has 1 aromatic rings. The monoisotopic (exact) mass is 460 g/mol. The first-order valence-corrected chi connectivity index (χ1v) is 8.75. The van der Waals surface area contributed by atoms with Crippen molar-refractivity contribution in [1.29, 1.82) is 0 Å². The number of esters is 1. The van der Waals surface area contributed by atoms with Crippen molar-refractivity contribution in [2.45, 2.75) is 0 Å². The summed E-state index contributed by atoms with van der Waals surface area (Å²) in [5.74, 6) is -1.32. The van der Waals surface area contributed by atoms with Crippen molar-refractivity contribution in [3.63, 3.8) is 0 Å². The number of hydrogen-bond acceptors (Lipinski definition) is 6. The number of methoxy groups -OCH3 is 1. The van der Waals surface area contributed by atoms with Gasteiger partial charge >= 0.3 is 5.97 Å². The zero-order valence-electron chi connectivity index (χ0n) is 14.0. The van der Waals surface area contributed by atoms with Gasteiger partial charge in [0.05, 0.1) is 16.6 Å². The normalized spacial score (nSPS) is 14.7. The maximum absolute atomic E-state index is 12.3. The summed E-state index contributed by atoms with van der Waals surface area (Å²) in [6, 6.07) is 3.12. The van der Waals surface area contributed by atoms with Gasteiger partial charge in [0.15, 0.2) is 17.5 Å². The van der Waals surface area contributed by atoms with Crippen LogP contribution in [-0.2, 0) is 19.1 Å². The summed E-state index contributed by atoms with van der Waals surface area (Å²) in [6.07, 6.45) is 1.42. The van der Waals surface area contributed by atoms with Crippen LogP contribution in [0.4, 0.5) is 0 Å². The van der Waals surface area contributed by atoms with Gasteiger partial charge in [-0.15, -0.1) is 0 Å². The average Bonchev–Trinajstić information content (AvgIpc) is 2.61. The average molecular weight is 462 g/mol. The molecule has 0 unspecified atom stereocenters. The van der Waals surface area contributed by atoms with Gasteiger partial charge in [0.2, 0.25) is 0 Å². The van der Waals surface area contributed by atoms with Gasteiger partial charge in [-0.1, -0.05) is 11.6 Å². The predicted octanol–water partition coefficient (Wildman–Crippen LogP) is 2.25. The molecule has 2 rings (SSSR count). The van der Waals surface area contributed by atoms with E-state index in [2.05, 4.69) is 20.7 Å². The zero-order valence-corrected chi connectivity index (χ0v) is 17.2. The summed E-state index contributed by atoms with van der Waals surface area (Å²) in [5.41, 5.74) is 0.452. The minimum atomic E-state index is -0.556. The van der Waals surface area contributed by atoms with E-state index in [-0.39, 0.29) is 28.1 Å². The Hall–Kier alpha value is -1.97. The minimum Gasteiger partial charge on any atom is -0.479 e. The van der Waals surface area contributed by atoms with Crippen molar-refractivity contribution in [2.24, 2.45) is 0 Å². The van der Waals surface area contributed by atoms with Crippen molar-refractivity contribution in [3.8, 4) is 5.75 Å². The number of amides is 2. The molecule has 0 aromatic heterocycles. The third-order valence-corrected chi connectivity index (χ3v) is 4.96. The van der Waals surface area contributed by atoms with Gasteiger partial charge in [0.25, 0.3) is 11.8 Å². The van der Waals surface area contributed by atoms with Crippen molar-refractivity contribution in [2.75, 3.05) is 27.8 Å². The number of benzene rings is 1. The van der Waals surface area contributed by atoms with Crippen LogP contribution in [0, 0.1) is 0 Å². The SMILES string of the molecule is COC(=O)COc1c(Cl)cc(C=C2C(=O)N(C)C(=S)N(C)C2=O)cc1Br. The Morgan fingerprint density at radius 1 is 1.27 bits per heavy atom. The molecule has 0 aliphatic carbocycles. The number of nitrogens with zero attached hydrogens (tertiary/aromatic N) is 2. The second-order valence-corrected chi connectivity index (χ2v) is 6.87. The third kappa shape index (κ3) is 4.05. The zero-order chi connectivity index (χ0) is 19.6. The topological polar surface area (TPSA) is 76.2 Å². The number of hydrogen-bond donors (Lipinski definition) is 0. The van der Waals surface area contributed by atoms with Crippen LogP contribution >= 0.6 is 39.7 Å². The molecular formula is C16H14BrClN2O5S. The highest BCUT2D eigenvalue weighted by atomic mass is 79.9. The van der Waals surface area contributed by atoms with Gasteiger partial charge in [-0.3, -0.25) is 19.4 Å². The van der Waals surface area contributed by atoms with Crippen LogP contribution in [0.15, 0.2) is 22.2 Å². The van der Waals surface area contributed by atoms with Crippen LogP contribution in [0.25, 0.3) is 6.08 Å². The molecule has 2 amide bonds. The van der Waals surface area contributed by atoms with E-state index in [1.54, 1.807) is 6.07 Å². The Bertz CT molecular complexity index is 793. The highest BCUT2D eigenvalue weighted by Crippen LogP contribution is 2.35. The first kappa shape index (κ1) is 20.3. The Labute approximate surface area is 168 Å². The van der Waals surface area contributed by atoms with E-state index >= 15 is 0 Å². The van der Waals surface area contributed by atoms with Crippen LogP contribution in [0.3, 0.4) is 0 Å². The number of likely N-dealkylation sites (N-methyl/N-ethyl adjacent to an activating group) is 2. The summed E-state index contributed by atoms with van der Waals surface area (Å²) in [4.78, 5) is 38.3. The molecule has 0 spiro atoms. The molecule has 1 fully saturated rings. The molecule has 7 nitrogen and oxygen atoms in total. The van der Waals surface area contributed by atoms with E-state index in [0.717, 1.165) is 0 Å². The fourth-order valence-electron chi connectivity index (χ4n) is 2.13. The standard InChI is InChI=1S/C16H14BrClN2O5S/c1-19-14(22)9(15(23)20(2)16(19)26)4-8-5-10(17)13(11(18)6-8)25-7-12(21)24-3/h4-6H,7H2,1-3H3.